The zero-order valence-electron chi connectivity index (χ0n) is 9.03. The van der Waals surface area contributed by atoms with Gasteiger partial charge in [-0.2, -0.15) is 5.26 Å². The maximum absolute atomic E-state index is 12.7. The summed E-state index contributed by atoms with van der Waals surface area (Å²) in [6.07, 6.45) is -2.04. The van der Waals surface area contributed by atoms with Gasteiger partial charge in [0.15, 0.2) is 5.75 Å². The molecule has 0 unspecified atom stereocenters. The van der Waals surface area contributed by atoms with Gasteiger partial charge in [0, 0.05) is 6.20 Å². The van der Waals surface area contributed by atoms with Crippen molar-refractivity contribution in [1.29, 1.82) is 5.26 Å². The van der Waals surface area contributed by atoms with Crippen LogP contribution in [0.3, 0.4) is 0 Å². The number of methoxy groups -OCH3 is 2. The molecule has 17 heavy (non-hydrogen) atoms. The van der Waals surface area contributed by atoms with Crippen LogP contribution in [-0.2, 0) is 4.74 Å². The summed E-state index contributed by atoms with van der Waals surface area (Å²) < 4.78 is 34.5. The summed E-state index contributed by atoms with van der Waals surface area (Å²) in [4.78, 5) is 14.8. The number of rotatable bonds is 3. The van der Waals surface area contributed by atoms with Crippen LogP contribution < -0.4 is 4.74 Å². The molecule has 0 aliphatic rings. The Morgan fingerprint density at radius 2 is 2.18 bits per heavy atom. The molecule has 0 radical (unpaired) electrons. The zero-order valence-corrected chi connectivity index (χ0v) is 9.03. The molecule has 1 aromatic heterocycles. The van der Waals surface area contributed by atoms with Gasteiger partial charge in [-0.1, -0.05) is 0 Å². The van der Waals surface area contributed by atoms with E-state index in [2.05, 4.69) is 9.72 Å². The van der Waals surface area contributed by atoms with E-state index in [0.717, 1.165) is 20.4 Å². The van der Waals surface area contributed by atoms with E-state index < -0.39 is 23.7 Å². The Hall–Kier alpha value is -2.23. The van der Waals surface area contributed by atoms with Crippen molar-refractivity contribution in [3.05, 3.63) is 23.0 Å². The van der Waals surface area contributed by atoms with E-state index in [1.807, 2.05) is 0 Å². The van der Waals surface area contributed by atoms with Crippen LogP contribution in [0.1, 0.15) is 28.0 Å². The third kappa shape index (κ3) is 2.30. The lowest BCUT2D eigenvalue weighted by Crippen LogP contribution is -2.11. The molecule has 1 rings (SSSR count). The molecule has 7 heteroatoms. The lowest BCUT2D eigenvalue weighted by molar-refractivity contribution is 0.0582. The van der Waals surface area contributed by atoms with Crippen LogP contribution in [0.2, 0.25) is 0 Å². The summed E-state index contributed by atoms with van der Waals surface area (Å²) in [6.45, 7) is 0. The van der Waals surface area contributed by atoms with Crippen LogP contribution in [0.25, 0.3) is 0 Å². The summed E-state index contributed by atoms with van der Waals surface area (Å²) >= 11 is 0. The number of carbonyl (C=O) groups is 1. The predicted molar refractivity (Wildman–Crippen MR) is 51.8 cm³/mol. The van der Waals surface area contributed by atoms with E-state index in [4.69, 9.17) is 10.00 Å². The second-order valence-electron chi connectivity index (χ2n) is 2.87. The summed E-state index contributed by atoms with van der Waals surface area (Å²) in [6, 6.07) is 1.69. The van der Waals surface area contributed by atoms with Crippen molar-refractivity contribution < 1.29 is 23.0 Å². The van der Waals surface area contributed by atoms with Gasteiger partial charge in [-0.3, -0.25) is 4.98 Å². The van der Waals surface area contributed by atoms with Gasteiger partial charge in [0.1, 0.15) is 22.9 Å². The lowest BCUT2D eigenvalue weighted by Gasteiger charge is -2.11. The molecule has 0 atom stereocenters. The molecule has 0 amide bonds. The van der Waals surface area contributed by atoms with Crippen LogP contribution in [0.15, 0.2) is 6.20 Å². The first-order valence-electron chi connectivity index (χ1n) is 4.40. The number of nitriles is 1. The van der Waals surface area contributed by atoms with Crippen molar-refractivity contribution in [1.82, 2.24) is 4.98 Å². The minimum Gasteiger partial charge on any atom is -0.494 e. The van der Waals surface area contributed by atoms with Crippen LogP contribution in [0.5, 0.6) is 5.75 Å². The van der Waals surface area contributed by atoms with Crippen LogP contribution in [0, 0.1) is 11.3 Å². The topological polar surface area (TPSA) is 72.2 Å². The van der Waals surface area contributed by atoms with E-state index in [9.17, 15) is 13.6 Å². The Labute approximate surface area is 95.6 Å². The Kier molecular flexibility index (Phi) is 3.93. The summed E-state index contributed by atoms with van der Waals surface area (Å²) in [5, 5.41) is 8.75. The molecule has 1 heterocycles. The molecule has 0 fully saturated rings. The van der Waals surface area contributed by atoms with Crippen LogP contribution in [-0.4, -0.2) is 25.2 Å². The number of halogens is 2. The minimum atomic E-state index is -2.97. The normalized spacial score (nSPS) is 9.88. The number of hydrogen-bond donors (Lipinski definition) is 0. The molecular formula is C10H8F2N2O3. The van der Waals surface area contributed by atoms with Gasteiger partial charge in [-0.25, -0.2) is 13.6 Å². The summed E-state index contributed by atoms with van der Waals surface area (Å²) in [5.74, 6) is -1.29. The van der Waals surface area contributed by atoms with Crippen LogP contribution >= 0.6 is 0 Å². The largest absolute Gasteiger partial charge is 0.494 e. The third-order valence-electron chi connectivity index (χ3n) is 1.98. The zero-order chi connectivity index (χ0) is 13.0. The average Bonchev–Trinajstić information content (AvgIpc) is 2.35. The van der Waals surface area contributed by atoms with Crippen LogP contribution in [0.4, 0.5) is 8.78 Å². The number of alkyl halides is 2. The molecule has 0 N–H and O–H groups in total. The molecular weight excluding hydrogens is 234 g/mol. The highest BCUT2D eigenvalue weighted by Crippen LogP contribution is 2.31. The van der Waals surface area contributed by atoms with Gasteiger partial charge in [-0.15, -0.1) is 0 Å². The summed E-state index contributed by atoms with van der Waals surface area (Å²) in [5.41, 5.74) is -1.41. The minimum absolute atomic E-state index is 0.114. The summed E-state index contributed by atoms with van der Waals surface area (Å²) in [7, 11) is 2.20. The van der Waals surface area contributed by atoms with E-state index in [0.29, 0.717) is 0 Å². The smallest absolute Gasteiger partial charge is 0.343 e. The molecule has 1 aromatic rings. The molecule has 0 aliphatic carbocycles. The van der Waals surface area contributed by atoms with Crippen molar-refractivity contribution in [2.24, 2.45) is 0 Å². The maximum Gasteiger partial charge on any atom is 0.343 e. The first-order chi connectivity index (χ1) is 8.06. The van der Waals surface area contributed by atoms with Gasteiger partial charge < -0.3 is 9.47 Å². The quantitative estimate of drug-likeness (QED) is 0.754. The Bertz CT molecular complexity index is 483. The molecule has 0 saturated carbocycles. The van der Waals surface area contributed by atoms with Gasteiger partial charge >= 0.3 is 5.97 Å². The van der Waals surface area contributed by atoms with Gasteiger partial charge in [0.05, 0.1) is 14.2 Å². The van der Waals surface area contributed by atoms with Gasteiger partial charge in [0.25, 0.3) is 6.43 Å². The number of esters is 1. The molecule has 0 aliphatic heterocycles. The predicted octanol–water partition coefficient (Wildman–Crippen LogP) is 1.69. The number of carbonyl (C=O) groups excluding carboxylic acids is 1. The van der Waals surface area contributed by atoms with Gasteiger partial charge in [-0.05, 0) is 0 Å². The average molecular weight is 242 g/mol. The standard InChI is InChI=1S/C10H8F2N2O3/c1-16-8-5(3-13)4-14-7(9(11)12)6(8)10(15)17-2/h4,9H,1-2H3. The number of hydrogen-bond acceptors (Lipinski definition) is 5. The van der Waals surface area contributed by atoms with Crippen molar-refractivity contribution in [3.63, 3.8) is 0 Å². The highest BCUT2D eigenvalue weighted by Gasteiger charge is 2.27. The monoisotopic (exact) mass is 242 g/mol. The number of pyridine rings is 1. The second-order valence-corrected chi connectivity index (χ2v) is 2.87. The lowest BCUT2D eigenvalue weighted by atomic mass is 10.1. The molecule has 90 valence electrons. The van der Waals surface area contributed by atoms with Crippen molar-refractivity contribution >= 4 is 5.97 Å². The third-order valence-corrected chi connectivity index (χ3v) is 1.98. The molecule has 0 spiro atoms. The van der Waals surface area contributed by atoms with E-state index >= 15 is 0 Å². The highest BCUT2D eigenvalue weighted by atomic mass is 19.3. The van der Waals surface area contributed by atoms with Crippen molar-refractivity contribution in [3.8, 4) is 11.8 Å². The maximum atomic E-state index is 12.7. The molecule has 0 saturated heterocycles. The Balaban J connectivity index is 3.57. The molecule has 0 bridgehead atoms. The fourth-order valence-corrected chi connectivity index (χ4v) is 1.26. The number of nitrogens with zero attached hydrogens (tertiary/aromatic N) is 2. The number of ether oxygens (including phenoxy) is 2. The van der Waals surface area contributed by atoms with E-state index in [1.54, 1.807) is 6.07 Å². The fraction of sp³-hybridized carbons (Fsp3) is 0.300. The first-order valence-corrected chi connectivity index (χ1v) is 4.40. The molecule has 5 nitrogen and oxygen atoms in total. The SMILES string of the molecule is COC(=O)c1c(C(F)F)ncc(C#N)c1OC. The second kappa shape index (κ2) is 5.21. The number of aromatic nitrogens is 1. The van der Waals surface area contributed by atoms with Gasteiger partial charge in [0.2, 0.25) is 0 Å². The first kappa shape index (κ1) is 12.8. The van der Waals surface area contributed by atoms with Crippen molar-refractivity contribution in [2.45, 2.75) is 6.43 Å². The molecule has 0 aromatic carbocycles. The highest BCUT2D eigenvalue weighted by molar-refractivity contribution is 5.94. The van der Waals surface area contributed by atoms with E-state index in [-0.39, 0.29) is 11.3 Å². The Morgan fingerprint density at radius 1 is 1.53 bits per heavy atom. The fourth-order valence-electron chi connectivity index (χ4n) is 1.26. The Morgan fingerprint density at radius 3 is 2.59 bits per heavy atom. The van der Waals surface area contributed by atoms with Crippen molar-refractivity contribution in [2.75, 3.05) is 14.2 Å². The van der Waals surface area contributed by atoms with E-state index in [1.165, 1.54) is 0 Å².